The van der Waals surface area contributed by atoms with Gasteiger partial charge in [-0.1, -0.05) is 50.7 Å². The summed E-state index contributed by atoms with van der Waals surface area (Å²) in [5, 5.41) is 8.70. The van der Waals surface area contributed by atoms with Gasteiger partial charge in [-0.15, -0.1) is 0 Å². The molecule has 0 aromatic carbocycles. The second kappa shape index (κ2) is 26.5. The highest BCUT2D eigenvalue weighted by Gasteiger charge is 2.53. The lowest BCUT2D eigenvalue weighted by Crippen LogP contribution is -2.66. The largest absolute Gasteiger partial charge is 0.481 e. The first kappa shape index (κ1) is 44.9. The molecule has 2 aliphatic rings. The predicted molar refractivity (Wildman–Crippen MR) is 187 cm³/mol. The van der Waals surface area contributed by atoms with Crippen LogP contribution in [0.1, 0.15) is 90.4 Å². The molecule has 50 heavy (non-hydrogen) atoms. The van der Waals surface area contributed by atoms with Gasteiger partial charge >= 0.3 is 5.97 Å². The number of methoxy groups -OCH3 is 7. The van der Waals surface area contributed by atoms with Gasteiger partial charge in [-0.25, -0.2) is 0 Å². The van der Waals surface area contributed by atoms with Gasteiger partial charge in [-0.3, -0.25) is 4.79 Å². The van der Waals surface area contributed by atoms with Gasteiger partial charge in [0.15, 0.2) is 12.6 Å². The number of unbranched alkanes of at least 4 members (excludes halogenated alkanes) is 9. The molecule has 0 aromatic rings. The molecule has 294 valence electrons. The van der Waals surface area contributed by atoms with Crippen LogP contribution < -0.4 is 0 Å². The van der Waals surface area contributed by atoms with Crippen LogP contribution >= 0.6 is 0 Å². The Kier molecular flexibility index (Phi) is 23.8. The summed E-state index contributed by atoms with van der Waals surface area (Å²) in [7, 11) is 11.3. The van der Waals surface area contributed by atoms with Gasteiger partial charge in [-0.2, -0.15) is 0 Å². The van der Waals surface area contributed by atoms with Crippen LogP contribution in [-0.4, -0.2) is 142 Å². The fourth-order valence-electron chi connectivity index (χ4n) is 6.88. The number of ether oxygens (including phenoxy) is 11. The Balaban J connectivity index is 1.93. The average molecular weight is 721 g/mol. The molecule has 0 radical (unpaired) electrons. The normalized spacial score (nSPS) is 31.0. The molecule has 2 fully saturated rings. The smallest absolute Gasteiger partial charge is 0.303 e. The fourth-order valence-corrected chi connectivity index (χ4v) is 6.88. The van der Waals surface area contributed by atoms with Crippen LogP contribution in [0.3, 0.4) is 0 Å². The van der Waals surface area contributed by atoms with E-state index in [-0.39, 0.29) is 19.1 Å². The average Bonchev–Trinajstić information content (AvgIpc) is 3.10. The molecule has 11 atom stereocenters. The number of hydrogen-bond acceptors (Lipinski definition) is 12. The molecule has 0 spiro atoms. The van der Waals surface area contributed by atoms with Crippen molar-refractivity contribution in [3.05, 3.63) is 12.2 Å². The van der Waals surface area contributed by atoms with Crippen molar-refractivity contribution in [1.82, 2.24) is 0 Å². The summed E-state index contributed by atoms with van der Waals surface area (Å²) < 4.78 is 66.3. The van der Waals surface area contributed by atoms with Crippen molar-refractivity contribution in [2.75, 3.05) is 63.0 Å². The highest BCUT2D eigenvalue weighted by Crippen LogP contribution is 2.34. The van der Waals surface area contributed by atoms with Gasteiger partial charge in [0.05, 0.1) is 19.3 Å². The van der Waals surface area contributed by atoms with Crippen LogP contribution in [0.2, 0.25) is 0 Å². The molecular weight excluding hydrogens is 652 g/mol. The Morgan fingerprint density at radius 2 is 1.06 bits per heavy atom. The molecular formula is C37H68O13. The number of aliphatic carboxylic acids is 1. The van der Waals surface area contributed by atoms with E-state index < -0.39 is 67.4 Å². The van der Waals surface area contributed by atoms with Crippen LogP contribution in [0.15, 0.2) is 12.2 Å². The molecule has 13 heteroatoms. The van der Waals surface area contributed by atoms with E-state index in [0.29, 0.717) is 6.61 Å². The quantitative estimate of drug-likeness (QED) is 0.0827. The van der Waals surface area contributed by atoms with E-state index in [9.17, 15) is 4.79 Å². The summed E-state index contributed by atoms with van der Waals surface area (Å²) in [6.45, 7) is 2.62. The summed E-state index contributed by atoms with van der Waals surface area (Å²) in [5.74, 6) is -0.700. The SMILES string of the molecule is COCC1OC(OC2C(OC(C)CCCCCC/C=C\CCCCCCCC(=O)O)OC(COC)C(OC)C2OC)C(OC)C(OC)C1OC. The molecule has 0 aliphatic carbocycles. The molecule has 0 saturated carbocycles. The van der Waals surface area contributed by atoms with E-state index in [1.54, 1.807) is 49.8 Å². The van der Waals surface area contributed by atoms with E-state index in [2.05, 4.69) is 19.1 Å². The first-order valence-electron chi connectivity index (χ1n) is 18.4. The number of rotatable bonds is 28. The molecule has 0 bridgehead atoms. The van der Waals surface area contributed by atoms with E-state index in [1.807, 2.05) is 0 Å². The zero-order valence-corrected chi connectivity index (χ0v) is 32.0. The Morgan fingerprint density at radius 1 is 0.600 bits per heavy atom. The summed E-state index contributed by atoms with van der Waals surface area (Å²) in [5.41, 5.74) is 0. The first-order valence-corrected chi connectivity index (χ1v) is 18.4. The minimum Gasteiger partial charge on any atom is -0.481 e. The van der Waals surface area contributed by atoms with Crippen molar-refractivity contribution in [3.8, 4) is 0 Å². The first-order chi connectivity index (χ1) is 24.3. The van der Waals surface area contributed by atoms with Crippen molar-refractivity contribution in [3.63, 3.8) is 0 Å². The van der Waals surface area contributed by atoms with E-state index in [0.717, 1.165) is 70.6 Å². The monoisotopic (exact) mass is 720 g/mol. The van der Waals surface area contributed by atoms with Crippen molar-refractivity contribution < 1.29 is 62.0 Å². The Hall–Kier alpha value is -1.23. The molecule has 0 amide bonds. The zero-order chi connectivity index (χ0) is 36.7. The van der Waals surface area contributed by atoms with Crippen LogP contribution in [-0.2, 0) is 56.9 Å². The van der Waals surface area contributed by atoms with Crippen LogP contribution in [0, 0.1) is 0 Å². The van der Waals surface area contributed by atoms with Gasteiger partial charge in [-0.05, 0) is 45.4 Å². The van der Waals surface area contributed by atoms with Crippen molar-refractivity contribution >= 4 is 5.97 Å². The van der Waals surface area contributed by atoms with E-state index in [4.69, 9.17) is 57.2 Å². The minimum absolute atomic E-state index is 0.105. The highest BCUT2D eigenvalue weighted by molar-refractivity contribution is 5.66. The molecule has 2 aliphatic heterocycles. The van der Waals surface area contributed by atoms with Crippen molar-refractivity contribution in [1.29, 1.82) is 0 Å². The van der Waals surface area contributed by atoms with Gasteiger partial charge in [0, 0.05) is 56.2 Å². The maximum Gasteiger partial charge on any atom is 0.303 e. The number of hydrogen-bond donors (Lipinski definition) is 1. The lowest BCUT2D eigenvalue weighted by atomic mass is 9.96. The third-order valence-corrected chi connectivity index (χ3v) is 9.52. The van der Waals surface area contributed by atoms with Crippen molar-refractivity contribution in [2.24, 2.45) is 0 Å². The fraction of sp³-hybridized carbons (Fsp3) is 0.919. The lowest BCUT2D eigenvalue weighted by Gasteiger charge is -2.49. The number of carboxylic acid groups (broad SMARTS) is 1. The Morgan fingerprint density at radius 3 is 1.56 bits per heavy atom. The topological polar surface area (TPSA) is 139 Å². The van der Waals surface area contributed by atoms with E-state index >= 15 is 0 Å². The Bertz CT molecular complexity index is 891. The van der Waals surface area contributed by atoms with Crippen LogP contribution in [0.5, 0.6) is 0 Å². The third-order valence-electron chi connectivity index (χ3n) is 9.52. The third kappa shape index (κ3) is 15.0. The second-order valence-electron chi connectivity index (χ2n) is 13.2. The molecule has 0 aromatic heterocycles. The van der Waals surface area contributed by atoms with Crippen molar-refractivity contribution in [2.45, 2.75) is 158 Å². The van der Waals surface area contributed by atoms with Crippen LogP contribution in [0.25, 0.3) is 0 Å². The van der Waals surface area contributed by atoms with Gasteiger partial charge in [0.1, 0.15) is 48.8 Å². The van der Waals surface area contributed by atoms with E-state index in [1.165, 1.54) is 6.42 Å². The summed E-state index contributed by atoms with van der Waals surface area (Å²) in [4.78, 5) is 10.6. The van der Waals surface area contributed by atoms with Gasteiger partial charge in [0.2, 0.25) is 0 Å². The highest BCUT2D eigenvalue weighted by atomic mass is 16.8. The predicted octanol–water partition coefficient (Wildman–Crippen LogP) is 5.31. The Labute approximate surface area is 300 Å². The molecule has 2 rings (SSSR count). The lowest BCUT2D eigenvalue weighted by molar-refractivity contribution is -0.377. The minimum atomic E-state index is -0.870. The summed E-state index contributed by atoms with van der Waals surface area (Å²) >= 11 is 0. The maximum absolute atomic E-state index is 10.6. The number of allylic oxidation sites excluding steroid dienone is 2. The number of carboxylic acids is 1. The van der Waals surface area contributed by atoms with Gasteiger partial charge in [0.25, 0.3) is 0 Å². The maximum atomic E-state index is 10.6. The second-order valence-corrected chi connectivity index (χ2v) is 13.2. The molecule has 1 N–H and O–H groups in total. The molecule has 13 nitrogen and oxygen atoms in total. The summed E-state index contributed by atoms with van der Waals surface area (Å²) in [6, 6.07) is 0. The zero-order valence-electron chi connectivity index (χ0n) is 32.0. The standard InChI is InChI=1S/C37H68O13/c1-26(22-20-18-16-14-12-10-9-11-13-15-17-19-21-23-29(38)39)47-37-35(33(45-7)31(43-5)28(49-37)25-41-3)50-36-34(46-8)32(44-6)30(42-4)27(48-36)24-40-2/h9-10,26-28,30-37H,11-25H2,1-8H3,(H,38,39)/b10-9-. The van der Waals surface area contributed by atoms with Crippen LogP contribution in [0.4, 0.5) is 0 Å². The number of carbonyl (C=O) groups is 1. The molecule has 11 unspecified atom stereocenters. The molecule has 2 heterocycles. The summed E-state index contributed by atoms with van der Waals surface area (Å²) in [6.07, 6.45) is 11.6. The molecule has 2 saturated heterocycles. The van der Waals surface area contributed by atoms with Gasteiger partial charge < -0.3 is 57.2 Å².